The maximum atomic E-state index is 10.8. The number of nitrogens with zero attached hydrogens (tertiary/aromatic N) is 1. The standard InChI is InChI=1S/C12H17NOS/c1-9(14)4-2-7-12-13-11(8-15-12)10-5-3-6-10/h8,10H,2-7H2,1H3. The van der Waals surface area contributed by atoms with Crippen LogP contribution in [-0.2, 0) is 11.2 Å². The van der Waals surface area contributed by atoms with Gasteiger partial charge in [0, 0.05) is 17.7 Å². The number of ketones is 1. The molecule has 0 N–H and O–H groups in total. The topological polar surface area (TPSA) is 30.0 Å². The molecule has 0 atom stereocenters. The van der Waals surface area contributed by atoms with Crippen molar-refractivity contribution in [3.63, 3.8) is 0 Å². The Morgan fingerprint density at radius 1 is 1.60 bits per heavy atom. The zero-order valence-corrected chi connectivity index (χ0v) is 9.98. The first-order valence-electron chi connectivity index (χ1n) is 5.69. The van der Waals surface area contributed by atoms with E-state index < -0.39 is 0 Å². The zero-order valence-electron chi connectivity index (χ0n) is 9.16. The second-order valence-electron chi connectivity index (χ2n) is 4.35. The van der Waals surface area contributed by atoms with Crippen LogP contribution >= 0.6 is 11.3 Å². The Labute approximate surface area is 94.7 Å². The Hall–Kier alpha value is -0.700. The van der Waals surface area contributed by atoms with E-state index in [2.05, 4.69) is 10.4 Å². The molecule has 1 aliphatic carbocycles. The van der Waals surface area contributed by atoms with Crippen LogP contribution < -0.4 is 0 Å². The van der Waals surface area contributed by atoms with Gasteiger partial charge in [0.15, 0.2) is 0 Å². The molecule has 82 valence electrons. The van der Waals surface area contributed by atoms with E-state index in [1.54, 1.807) is 18.3 Å². The third-order valence-electron chi connectivity index (χ3n) is 3.01. The maximum Gasteiger partial charge on any atom is 0.129 e. The van der Waals surface area contributed by atoms with Crippen molar-refractivity contribution >= 4 is 17.1 Å². The monoisotopic (exact) mass is 223 g/mol. The van der Waals surface area contributed by atoms with Gasteiger partial charge < -0.3 is 4.79 Å². The molecule has 1 aromatic rings. The number of Topliss-reactive ketones (excluding diaryl/α,β-unsaturated/α-hetero) is 1. The third-order valence-corrected chi connectivity index (χ3v) is 3.94. The second-order valence-corrected chi connectivity index (χ2v) is 5.29. The molecule has 1 fully saturated rings. The lowest BCUT2D eigenvalue weighted by Crippen LogP contribution is -2.08. The van der Waals surface area contributed by atoms with E-state index >= 15 is 0 Å². The van der Waals surface area contributed by atoms with Crippen molar-refractivity contribution in [1.29, 1.82) is 0 Å². The number of rotatable bonds is 5. The van der Waals surface area contributed by atoms with Crippen LogP contribution in [0.15, 0.2) is 5.38 Å². The zero-order chi connectivity index (χ0) is 10.7. The van der Waals surface area contributed by atoms with Crippen LogP contribution in [0, 0.1) is 0 Å². The molecule has 1 aliphatic rings. The molecule has 0 spiro atoms. The van der Waals surface area contributed by atoms with Gasteiger partial charge in [-0.3, -0.25) is 0 Å². The van der Waals surface area contributed by atoms with E-state index in [1.807, 2.05) is 0 Å². The van der Waals surface area contributed by atoms with Crippen LogP contribution in [0.5, 0.6) is 0 Å². The number of carbonyl (C=O) groups is 1. The van der Waals surface area contributed by atoms with Crippen molar-refractivity contribution in [2.75, 3.05) is 0 Å². The summed E-state index contributed by atoms with van der Waals surface area (Å²) in [5, 5.41) is 3.41. The van der Waals surface area contributed by atoms with E-state index in [0.29, 0.717) is 6.42 Å². The molecular formula is C12H17NOS. The summed E-state index contributed by atoms with van der Waals surface area (Å²) < 4.78 is 0. The second kappa shape index (κ2) is 4.88. The number of hydrogen-bond donors (Lipinski definition) is 0. The minimum absolute atomic E-state index is 0.283. The van der Waals surface area contributed by atoms with Gasteiger partial charge in [-0.25, -0.2) is 4.98 Å². The summed E-state index contributed by atoms with van der Waals surface area (Å²) in [6, 6.07) is 0. The first-order valence-corrected chi connectivity index (χ1v) is 6.57. The molecule has 0 amide bonds. The Bertz CT molecular complexity index is 341. The Morgan fingerprint density at radius 3 is 3.00 bits per heavy atom. The number of aromatic nitrogens is 1. The minimum Gasteiger partial charge on any atom is -0.300 e. The van der Waals surface area contributed by atoms with E-state index in [1.165, 1.54) is 30.0 Å². The lowest BCUT2D eigenvalue weighted by atomic mass is 9.83. The van der Waals surface area contributed by atoms with Crippen molar-refractivity contribution in [2.45, 2.75) is 51.4 Å². The molecule has 2 rings (SSSR count). The Balaban J connectivity index is 1.81. The van der Waals surface area contributed by atoms with Crippen LogP contribution in [0.2, 0.25) is 0 Å². The average Bonchev–Trinajstić information content (AvgIpc) is 2.49. The summed E-state index contributed by atoms with van der Waals surface area (Å²) >= 11 is 1.76. The van der Waals surface area contributed by atoms with Crippen LogP contribution in [0.25, 0.3) is 0 Å². The summed E-state index contributed by atoms with van der Waals surface area (Å²) in [6.07, 6.45) is 6.61. The molecule has 0 radical (unpaired) electrons. The molecular weight excluding hydrogens is 206 g/mol. The molecule has 1 heterocycles. The van der Waals surface area contributed by atoms with Gasteiger partial charge in [0.05, 0.1) is 10.7 Å². The highest BCUT2D eigenvalue weighted by Gasteiger charge is 2.21. The van der Waals surface area contributed by atoms with Crippen LogP contribution in [-0.4, -0.2) is 10.8 Å². The quantitative estimate of drug-likeness (QED) is 0.766. The fourth-order valence-electron chi connectivity index (χ4n) is 1.82. The number of thiazole rings is 1. The lowest BCUT2D eigenvalue weighted by molar-refractivity contribution is -0.117. The lowest BCUT2D eigenvalue weighted by Gasteiger charge is -2.22. The van der Waals surface area contributed by atoms with Crippen LogP contribution in [0.4, 0.5) is 0 Å². The van der Waals surface area contributed by atoms with Crippen molar-refractivity contribution in [1.82, 2.24) is 4.98 Å². The van der Waals surface area contributed by atoms with Gasteiger partial charge in [-0.2, -0.15) is 0 Å². The molecule has 15 heavy (non-hydrogen) atoms. The molecule has 0 aliphatic heterocycles. The third kappa shape index (κ3) is 2.88. The highest BCUT2D eigenvalue weighted by molar-refractivity contribution is 7.09. The van der Waals surface area contributed by atoms with Crippen molar-refractivity contribution in [3.05, 3.63) is 16.1 Å². The smallest absolute Gasteiger partial charge is 0.129 e. The summed E-state index contributed by atoms with van der Waals surface area (Å²) in [7, 11) is 0. The molecule has 0 saturated heterocycles. The molecule has 3 heteroatoms. The minimum atomic E-state index is 0.283. The fraction of sp³-hybridized carbons (Fsp3) is 0.667. The normalized spacial score (nSPS) is 16.3. The molecule has 0 aromatic carbocycles. The van der Waals surface area contributed by atoms with Gasteiger partial charge in [-0.15, -0.1) is 11.3 Å². The molecule has 2 nitrogen and oxygen atoms in total. The van der Waals surface area contributed by atoms with E-state index in [9.17, 15) is 4.79 Å². The summed E-state index contributed by atoms with van der Waals surface area (Å²) in [6.45, 7) is 1.65. The Morgan fingerprint density at radius 2 is 2.40 bits per heavy atom. The molecule has 1 aromatic heterocycles. The van der Waals surface area contributed by atoms with Crippen molar-refractivity contribution in [2.24, 2.45) is 0 Å². The first-order chi connectivity index (χ1) is 7.25. The summed E-state index contributed by atoms with van der Waals surface area (Å²) in [4.78, 5) is 15.4. The first kappa shape index (κ1) is 10.8. The van der Waals surface area contributed by atoms with E-state index in [4.69, 9.17) is 0 Å². The van der Waals surface area contributed by atoms with Gasteiger partial charge in [0.1, 0.15) is 5.78 Å². The number of hydrogen-bond acceptors (Lipinski definition) is 3. The maximum absolute atomic E-state index is 10.8. The van der Waals surface area contributed by atoms with Crippen molar-refractivity contribution in [3.8, 4) is 0 Å². The van der Waals surface area contributed by atoms with Gasteiger partial charge >= 0.3 is 0 Å². The highest BCUT2D eigenvalue weighted by Crippen LogP contribution is 2.36. The van der Waals surface area contributed by atoms with Crippen LogP contribution in [0.3, 0.4) is 0 Å². The number of aryl methyl sites for hydroxylation is 1. The van der Waals surface area contributed by atoms with E-state index in [0.717, 1.165) is 18.8 Å². The number of carbonyl (C=O) groups excluding carboxylic acids is 1. The largest absolute Gasteiger partial charge is 0.300 e. The predicted molar refractivity (Wildman–Crippen MR) is 62.3 cm³/mol. The van der Waals surface area contributed by atoms with Gasteiger partial charge in [0.2, 0.25) is 0 Å². The summed E-state index contributed by atoms with van der Waals surface area (Å²) in [5.74, 6) is 1.02. The SMILES string of the molecule is CC(=O)CCCc1nc(C2CCC2)cs1. The van der Waals surface area contributed by atoms with Gasteiger partial charge in [-0.05, 0) is 32.6 Å². The molecule has 0 bridgehead atoms. The molecule has 1 saturated carbocycles. The van der Waals surface area contributed by atoms with Crippen LogP contribution in [0.1, 0.15) is 55.6 Å². The van der Waals surface area contributed by atoms with Gasteiger partial charge in [-0.1, -0.05) is 6.42 Å². The van der Waals surface area contributed by atoms with Gasteiger partial charge in [0.25, 0.3) is 0 Å². The Kier molecular flexibility index (Phi) is 3.52. The average molecular weight is 223 g/mol. The predicted octanol–water partition coefficient (Wildman–Crippen LogP) is 3.32. The van der Waals surface area contributed by atoms with Crippen molar-refractivity contribution < 1.29 is 4.79 Å². The molecule has 0 unspecified atom stereocenters. The van der Waals surface area contributed by atoms with E-state index in [-0.39, 0.29) is 5.78 Å². The fourth-order valence-corrected chi connectivity index (χ4v) is 2.74. The summed E-state index contributed by atoms with van der Waals surface area (Å²) in [5.41, 5.74) is 1.30. The highest BCUT2D eigenvalue weighted by atomic mass is 32.1.